The second-order valence-electron chi connectivity index (χ2n) is 1.34. The molecule has 0 N–H and O–H groups in total. The van der Waals surface area contributed by atoms with Crippen LogP contribution in [0.3, 0.4) is 0 Å². The van der Waals surface area contributed by atoms with E-state index in [0.717, 1.165) is 11.3 Å². The number of rotatable bonds is 4. The second kappa shape index (κ2) is 6.73. The maximum Gasteiger partial charge on any atom is 0.0204 e. The van der Waals surface area contributed by atoms with Crippen molar-refractivity contribution in [2.24, 2.45) is 0 Å². The predicted octanol–water partition coefficient (Wildman–Crippen LogP) is 1.78. The molecule has 0 heterocycles. The average Bonchev–Trinajstić information content (AvgIpc) is 1.83. The first-order valence-electron chi connectivity index (χ1n) is 2.24. The van der Waals surface area contributed by atoms with Crippen molar-refractivity contribution in [3.63, 3.8) is 0 Å². The molecule has 0 aromatic heterocycles. The van der Waals surface area contributed by atoms with Gasteiger partial charge in [0.2, 0.25) is 0 Å². The second-order valence-corrected chi connectivity index (χ2v) is 8.85. The van der Waals surface area contributed by atoms with Gasteiger partial charge in [0.25, 0.3) is 0 Å². The molecule has 0 spiro atoms. The van der Waals surface area contributed by atoms with Gasteiger partial charge in [-0.3, -0.25) is 0 Å². The molecule has 0 amide bonds. The molecule has 49 valence electrons. The molecule has 0 aliphatic heterocycles. The fourth-order valence-corrected chi connectivity index (χ4v) is 5.79. The van der Waals surface area contributed by atoms with Crippen LogP contribution in [0.25, 0.3) is 0 Å². The summed E-state index contributed by atoms with van der Waals surface area (Å²) in [6.07, 6.45) is 1.05. The summed E-state index contributed by atoms with van der Waals surface area (Å²) in [4.78, 5) is 0.791. The lowest BCUT2D eigenvalue weighted by Gasteiger charge is -2.02. The minimum Gasteiger partial charge on any atom is -0.0989 e. The van der Waals surface area contributed by atoms with Crippen LogP contribution in [0.1, 0.15) is 6.42 Å². The summed E-state index contributed by atoms with van der Waals surface area (Å²) in [7, 11) is 6.36. The largest absolute Gasteiger partial charge is 0.0989 e. The molecule has 8 heavy (non-hydrogen) atoms. The van der Waals surface area contributed by atoms with E-state index in [1.54, 1.807) is 9.83 Å². The van der Waals surface area contributed by atoms with Crippen molar-refractivity contribution in [1.29, 1.82) is 0 Å². The van der Waals surface area contributed by atoms with Gasteiger partial charge in [-0.25, -0.2) is 0 Å². The summed E-state index contributed by atoms with van der Waals surface area (Å²) in [5.41, 5.74) is 0. The first kappa shape index (κ1) is 9.62. The Labute approximate surface area is 70.4 Å². The molecule has 0 saturated heterocycles. The summed E-state index contributed by atoms with van der Waals surface area (Å²) in [6, 6.07) is 0. The lowest BCUT2D eigenvalue weighted by molar-refractivity contribution is 1.17. The highest BCUT2D eigenvalue weighted by molar-refractivity contribution is 9.24. The summed E-state index contributed by atoms with van der Waals surface area (Å²) in [6.45, 7) is 3.80. The number of hydrogen-bond acceptors (Lipinski definition) is 4. The van der Waals surface area contributed by atoms with E-state index in [9.17, 15) is 0 Å². The monoisotopic (exact) mass is 201 g/mol. The quantitative estimate of drug-likeness (QED) is 0.419. The summed E-state index contributed by atoms with van der Waals surface area (Å²) < 4.78 is 0. The van der Waals surface area contributed by atoms with Crippen LogP contribution >= 0.6 is 42.1 Å². The van der Waals surface area contributed by atoms with Gasteiger partial charge < -0.3 is 0 Å². The zero-order chi connectivity index (χ0) is 6.41. The molecule has 0 rings (SSSR count). The first-order chi connectivity index (χ1) is 3.81. The summed E-state index contributed by atoms with van der Waals surface area (Å²) in [5.74, 6) is 0. The van der Waals surface area contributed by atoms with Crippen LogP contribution in [0.15, 0.2) is 0 Å². The van der Waals surface area contributed by atoms with Crippen molar-refractivity contribution in [1.82, 2.24) is 0 Å². The van der Waals surface area contributed by atoms with Gasteiger partial charge in [-0.2, -0.15) is 0 Å². The third-order valence-corrected chi connectivity index (χ3v) is 7.96. The molecule has 0 fully saturated rings. The first-order valence-corrected chi connectivity index (χ1v) is 7.99. The molecule has 0 aromatic rings. The molecule has 0 aromatic carbocycles. The van der Waals surface area contributed by atoms with E-state index in [-0.39, 0.29) is 0 Å². The summed E-state index contributed by atoms with van der Waals surface area (Å²) >= 11 is 3.99. The molecular weight excluding hydrogens is 192 g/mol. The SMILES string of the molecule is [CH2]CC([SiH3])SSSS. The van der Waals surface area contributed by atoms with Crippen LogP contribution in [-0.4, -0.2) is 15.1 Å². The zero-order valence-electron chi connectivity index (χ0n) is 4.66. The summed E-state index contributed by atoms with van der Waals surface area (Å²) in [5, 5.41) is 0. The van der Waals surface area contributed by atoms with E-state index in [2.05, 4.69) is 18.6 Å². The minimum absolute atomic E-state index is 0.791. The molecule has 1 atom stereocenters. The highest BCUT2D eigenvalue weighted by Crippen LogP contribution is 2.39. The Kier molecular flexibility index (Phi) is 8.09. The van der Waals surface area contributed by atoms with Gasteiger partial charge in [0.15, 0.2) is 0 Å². The molecule has 5 heteroatoms. The molecular formula is C3H9S4Si. The highest BCUT2D eigenvalue weighted by atomic mass is 33.7. The topological polar surface area (TPSA) is 0 Å². The minimum atomic E-state index is 0.791. The third kappa shape index (κ3) is 5.75. The third-order valence-electron chi connectivity index (χ3n) is 0.641. The van der Waals surface area contributed by atoms with Crippen molar-refractivity contribution in [3.8, 4) is 0 Å². The smallest absolute Gasteiger partial charge is 0.0204 e. The Morgan fingerprint density at radius 1 is 1.75 bits per heavy atom. The number of hydrogen-bond donors (Lipinski definition) is 1. The lowest BCUT2D eigenvalue weighted by Crippen LogP contribution is -1.94. The van der Waals surface area contributed by atoms with Crippen LogP contribution < -0.4 is 0 Å². The Morgan fingerprint density at radius 2 is 2.38 bits per heavy atom. The maximum atomic E-state index is 3.99. The fourth-order valence-electron chi connectivity index (χ4n) is 0.133. The molecule has 0 aliphatic rings. The van der Waals surface area contributed by atoms with Gasteiger partial charge in [0.1, 0.15) is 0 Å². The van der Waals surface area contributed by atoms with Gasteiger partial charge in [-0.15, -0.1) is 0 Å². The zero-order valence-corrected chi connectivity index (χ0v) is 10.0. The normalized spacial score (nSPS) is 14.2. The van der Waals surface area contributed by atoms with Gasteiger partial charge in [-0.05, 0) is 26.1 Å². The Morgan fingerprint density at radius 3 is 2.75 bits per heavy atom. The van der Waals surface area contributed by atoms with E-state index in [1.807, 2.05) is 10.8 Å². The molecule has 0 bridgehead atoms. The molecule has 1 radical (unpaired) electrons. The van der Waals surface area contributed by atoms with Gasteiger partial charge in [-0.1, -0.05) is 29.4 Å². The lowest BCUT2D eigenvalue weighted by atomic mass is 10.6. The van der Waals surface area contributed by atoms with E-state index in [0.29, 0.717) is 0 Å². The van der Waals surface area contributed by atoms with Crippen LogP contribution in [-0.2, 0) is 0 Å². The van der Waals surface area contributed by atoms with E-state index >= 15 is 0 Å². The highest BCUT2D eigenvalue weighted by Gasteiger charge is 1.96. The van der Waals surface area contributed by atoms with Crippen molar-refractivity contribution >= 4 is 52.3 Å². The van der Waals surface area contributed by atoms with Gasteiger partial charge >= 0.3 is 0 Å². The predicted molar refractivity (Wildman–Crippen MR) is 55.5 cm³/mol. The van der Waals surface area contributed by atoms with Crippen molar-refractivity contribution in [3.05, 3.63) is 6.92 Å². The molecule has 0 saturated carbocycles. The van der Waals surface area contributed by atoms with Gasteiger partial charge in [0, 0.05) is 15.1 Å². The van der Waals surface area contributed by atoms with E-state index in [4.69, 9.17) is 0 Å². The van der Waals surface area contributed by atoms with Gasteiger partial charge in [0.05, 0.1) is 0 Å². The van der Waals surface area contributed by atoms with Crippen molar-refractivity contribution in [2.75, 3.05) is 0 Å². The molecule has 0 nitrogen and oxygen atoms in total. The van der Waals surface area contributed by atoms with Crippen LogP contribution in [0.5, 0.6) is 0 Å². The van der Waals surface area contributed by atoms with E-state index in [1.165, 1.54) is 20.1 Å². The fraction of sp³-hybridized carbons (Fsp3) is 0.667. The number of thiol groups is 1. The van der Waals surface area contributed by atoms with Crippen LogP contribution in [0.4, 0.5) is 0 Å². The Bertz CT molecular complexity index is 50.5. The van der Waals surface area contributed by atoms with Crippen molar-refractivity contribution in [2.45, 2.75) is 11.3 Å². The maximum absolute atomic E-state index is 3.99. The van der Waals surface area contributed by atoms with Crippen LogP contribution in [0.2, 0.25) is 0 Å². The standard InChI is InChI=1S/C3H9S4Si/c1-2-3(8)5-7-6-4/h3-4H,1-2H2,8H3. The Balaban J connectivity index is 2.86. The van der Waals surface area contributed by atoms with Crippen molar-refractivity contribution < 1.29 is 0 Å². The molecule has 1 unspecified atom stereocenters. The van der Waals surface area contributed by atoms with Crippen LogP contribution in [0, 0.1) is 6.92 Å². The van der Waals surface area contributed by atoms with E-state index < -0.39 is 0 Å². The average molecular weight is 201 g/mol. The Hall–Kier alpha value is 1.62. The molecule has 0 aliphatic carbocycles.